The molecule has 1 aliphatic heterocycles. The molecule has 4 nitrogen and oxygen atoms in total. The molecule has 0 saturated carbocycles. The number of aliphatic imine (C=N–C) groups is 1. The summed E-state index contributed by atoms with van der Waals surface area (Å²) in [6.07, 6.45) is 0. The van der Waals surface area contributed by atoms with Crippen molar-refractivity contribution in [2.75, 3.05) is 18.6 Å². The molecule has 1 unspecified atom stereocenters. The van der Waals surface area contributed by atoms with E-state index in [0.29, 0.717) is 12.5 Å². The lowest BCUT2D eigenvalue weighted by molar-refractivity contribution is 0.415. The fraction of sp³-hybridized carbons (Fsp3) is 0.267. The van der Waals surface area contributed by atoms with Crippen LogP contribution in [0.15, 0.2) is 40.7 Å². The summed E-state index contributed by atoms with van der Waals surface area (Å²) in [4.78, 5) is 7.79. The third-order valence-electron chi connectivity index (χ3n) is 3.53. The Morgan fingerprint density at radius 2 is 2.15 bits per heavy atom. The number of nitrogens with zero attached hydrogens (tertiary/aromatic N) is 2. The Labute approximate surface area is 122 Å². The Hall–Kier alpha value is -2.01. The molecule has 104 valence electrons. The van der Waals surface area contributed by atoms with E-state index in [9.17, 15) is 0 Å². The largest absolute Gasteiger partial charge is 0.495 e. The molecule has 0 spiro atoms. The van der Waals surface area contributed by atoms with Crippen molar-refractivity contribution >= 4 is 23.0 Å². The van der Waals surface area contributed by atoms with E-state index in [1.54, 1.807) is 18.4 Å². The number of rotatable bonds is 3. The first-order chi connectivity index (χ1) is 9.72. The van der Waals surface area contributed by atoms with Gasteiger partial charge in [0.05, 0.1) is 25.4 Å². The van der Waals surface area contributed by atoms with Crippen LogP contribution >= 0.6 is 11.3 Å². The number of anilines is 1. The smallest absolute Gasteiger partial charge is 0.196 e. The first-order valence-corrected chi connectivity index (χ1v) is 7.36. The molecule has 0 radical (unpaired) electrons. The number of hydrogen-bond acceptors (Lipinski definition) is 5. The Morgan fingerprint density at radius 3 is 2.85 bits per heavy atom. The van der Waals surface area contributed by atoms with Crippen molar-refractivity contribution in [3.63, 3.8) is 0 Å². The summed E-state index contributed by atoms with van der Waals surface area (Å²) in [5, 5.41) is 2.11. The highest BCUT2D eigenvalue weighted by atomic mass is 32.1. The Morgan fingerprint density at radius 1 is 1.35 bits per heavy atom. The molecule has 0 amide bonds. The Bertz CT molecular complexity index is 650. The van der Waals surface area contributed by atoms with Crippen LogP contribution in [0.5, 0.6) is 5.75 Å². The van der Waals surface area contributed by atoms with Gasteiger partial charge in [-0.15, -0.1) is 11.3 Å². The number of nitrogens with two attached hydrogens (primary N) is 1. The number of thiophene rings is 1. The van der Waals surface area contributed by atoms with E-state index in [1.807, 2.05) is 24.3 Å². The zero-order valence-corrected chi connectivity index (χ0v) is 12.4. The molecule has 3 rings (SSSR count). The first-order valence-electron chi connectivity index (χ1n) is 6.48. The van der Waals surface area contributed by atoms with Crippen molar-refractivity contribution in [3.05, 3.63) is 46.2 Å². The molecular formula is C15H17N3OS. The van der Waals surface area contributed by atoms with Gasteiger partial charge in [-0.1, -0.05) is 12.1 Å². The summed E-state index contributed by atoms with van der Waals surface area (Å²) in [5.41, 5.74) is 8.35. The van der Waals surface area contributed by atoms with Gasteiger partial charge in [0.1, 0.15) is 5.75 Å². The maximum absolute atomic E-state index is 6.11. The number of methoxy groups -OCH3 is 1. The molecule has 5 heteroatoms. The summed E-state index contributed by atoms with van der Waals surface area (Å²) < 4.78 is 5.45. The fourth-order valence-corrected chi connectivity index (χ4v) is 3.55. The van der Waals surface area contributed by atoms with Gasteiger partial charge >= 0.3 is 0 Å². The molecule has 0 bridgehead atoms. The average Bonchev–Trinajstić information content (AvgIpc) is 3.04. The van der Waals surface area contributed by atoms with Gasteiger partial charge in [-0.3, -0.25) is 9.89 Å². The standard InChI is InChI=1S/C15H17N3OS/c1-10-7-8-20-14(10)12-9-17-15(16)18(12)11-5-3-4-6-13(11)19-2/h3-8,12H,9H2,1-2H3,(H2,16,17). The molecule has 20 heavy (non-hydrogen) atoms. The van der Waals surface area contributed by atoms with Crippen LogP contribution in [0.25, 0.3) is 0 Å². The molecule has 0 saturated heterocycles. The van der Waals surface area contributed by atoms with Gasteiger partial charge < -0.3 is 10.5 Å². The molecule has 1 aromatic carbocycles. The van der Waals surface area contributed by atoms with Crippen molar-refractivity contribution in [2.24, 2.45) is 10.7 Å². The summed E-state index contributed by atoms with van der Waals surface area (Å²) in [6, 6.07) is 10.2. The van der Waals surface area contributed by atoms with Crippen molar-refractivity contribution in [1.82, 2.24) is 0 Å². The van der Waals surface area contributed by atoms with Crippen LogP contribution in [0, 0.1) is 6.92 Å². The second-order valence-corrected chi connectivity index (χ2v) is 5.67. The maximum atomic E-state index is 6.11. The van der Waals surface area contributed by atoms with E-state index in [4.69, 9.17) is 10.5 Å². The molecule has 0 aliphatic carbocycles. The van der Waals surface area contributed by atoms with Crippen LogP contribution in [0.1, 0.15) is 16.5 Å². The highest BCUT2D eigenvalue weighted by Crippen LogP contribution is 2.39. The SMILES string of the molecule is COc1ccccc1N1C(N)=NCC1c1sccc1C. The molecule has 0 fully saturated rings. The van der Waals surface area contributed by atoms with Gasteiger partial charge in [0.15, 0.2) is 5.96 Å². The van der Waals surface area contributed by atoms with Crippen molar-refractivity contribution in [1.29, 1.82) is 0 Å². The van der Waals surface area contributed by atoms with Crippen LogP contribution in [0.3, 0.4) is 0 Å². The van der Waals surface area contributed by atoms with Crippen LogP contribution in [-0.4, -0.2) is 19.6 Å². The zero-order valence-electron chi connectivity index (χ0n) is 11.5. The minimum Gasteiger partial charge on any atom is -0.495 e. The monoisotopic (exact) mass is 287 g/mol. The normalized spacial score (nSPS) is 18.2. The minimum absolute atomic E-state index is 0.159. The van der Waals surface area contributed by atoms with E-state index >= 15 is 0 Å². The van der Waals surface area contributed by atoms with Gasteiger partial charge in [0, 0.05) is 4.88 Å². The highest BCUT2D eigenvalue weighted by molar-refractivity contribution is 7.10. The number of aryl methyl sites for hydroxylation is 1. The topological polar surface area (TPSA) is 50.9 Å². The predicted molar refractivity (Wildman–Crippen MR) is 83.8 cm³/mol. The van der Waals surface area contributed by atoms with Crippen LogP contribution in [0.2, 0.25) is 0 Å². The van der Waals surface area contributed by atoms with Crippen molar-refractivity contribution in [3.8, 4) is 5.75 Å². The van der Waals surface area contributed by atoms with Gasteiger partial charge in [-0.05, 0) is 36.1 Å². The van der Waals surface area contributed by atoms with E-state index < -0.39 is 0 Å². The number of ether oxygens (including phenoxy) is 1. The van der Waals surface area contributed by atoms with Gasteiger partial charge in [0.25, 0.3) is 0 Å². The number of benzene rings is 1. The molecule has 2 N–H and O–H groups in total. The van der Waals surface area contributed by atoms with Gasteiger partial charge in [0.2, 0.25) is 0 Å². The van der Waals surface area contributed by atoms with Crippen molar-refractivity contribution < 1.29 is 4.74 Å². The summed E-state index contributed by atoms with van der Waals surface area (Å²) in [5.74, 6) is 1.36. The van der Waals surface area contributed by atoms with E-state index in [-0.39, 0.29) is 6.04 Å². The van der Waals surface area contributed by atoms with Crippen LogP contribution < -0.4 is 15.4 Å². The average molecular weight is 287 g/mol. The predicted octanol–water partition coefficient (Wildman–Crippen LogP) is 2.94. The highest BCUT2D eigenvalue weighted by Gasteiger charge is 2.32. The minimum atomic E-state index is 0.159. The quantitative estimate of drug-likeness (QED) is 0.944. The van der Waals surface area contributed by atoms with Crippen LogP contribution in [0.4, 0.5) is 5.69 Å². The summed E-state index contributed by atoms with van der Waals surface area (Å²) in [6.45, 7) is 2.81. The van der Waals surface area contributed by atoms with E-state index in [0.717, 1.165) is 11.4 Å². The number of guanidine groups is 1. The lowest BCUT2D eigenvalue weighted by Crippen LogP contribution is -2.36. The van der Waals surface area contributed by atoms with Gasteiger partial charge in [-0.2, -0.15) is 0 Å². The van der Waals surface area contributed by atoms with Gasteiger partial charge in [-0.25, -0.2) is 0 Å². The second-order valence-electron chi connectivity index (χ2n) is 4.72. The number of hydrogen-bond donors (Lipinski definition) is 1. The molecule has 1 atom stereocenters. The zero-order chi connectivity index (χ0) is 14.1. The van der Waals surface area contributed by atoms with Crippen molar-refractivity contribution in [2.45, 2.75) is 13.0 Å². The van der Waals surface area contributed by atoms with Crippen LogP contribution in [-0.2, 0) is 0 Å². The van der Waals surface area contributed by atoms with E-state index in [1.165, 1.54) is 10.4 Å². The summed E-state index contributed by atoms with van der Waals surface area (Å²) >= 11 is 1.75. The Kier molecular flexibility index (Phi) is 3.36. The lowest BCUT2D eigenvalue weighted by Gasteiger charge is -2.27. The maximum Gasteiger partial charge on any atom is 0.196 e. The molecular weight excluding hydrogens is 270 g/mol. The molecule has 1 aliphatic rings. The first kappa shape index (κ1) is 13.0. The molecule has 1 aromatic heterocycles. The van der Waals surface area contributed by atoms with E-state index in [2.05, 4.69) is 28.3 Å². The third-order valence-corrected chi connectivity index (χ3v) is 4.65. The second kappa shape index (κ2) is 5.17. The molecule has 2 aromatic rings. The molecule has 2 heterocycles. The summed E-state index contributed by atoms with van der Waals surface area (Å²) in [7, 11) is 1.67. The number of para-hydroxylation sites is 2. The fourth-order valence-electron chi connectivity index (χ4n) is 2.54. The lowest BCUT2D eigenvalue weighted by atomic mass is 10.1. The third kappa shape index (κ3) is 2.04. The Balaban J connectivity index is 2.05.